The van der Waals surface area contributed by atoms with Crippen molar-refractivity contribution < 1.29 is 9.42 Å². The molecule has 0 spiro atoms. The number of para-hydroxylation sites is 1. The van der Waals surface area contributed by atoms with Crippen molar-refractivity contribution in [1.82, 2.24) is 15.6 Å². The Labute approximate surface area is 110 Å². The molecule has 1 amide bonds. The largest absolute Gasteiger partial charge is 0.379 e. The lowest BCUT2D eigenvalue weighted by molar-refractivity contribution is 0.0945. The minimum Gasteiger partial charge on any atom is -0.379 e. The highest BCUT2D eigenvalue weighted by Gasteiger charge is 2.15. The number of hydrogen-bond acceptors (Lipinski definition) is 6. The SMILES string of the molecule is CN(CCNC(=O)c1nonc1N)c1ccccc1. The molecule has 1 aromatic carbocycles. The zero-order valence-electron chi connectivity index (χ0n) is 10.5. The number of nitrogens with two attached hydrogens (primary N) is 1. The van der Waals surface area contributed by atoms with Gasteiger partial charge in [-0.25, -0.2) is 4.63 Å². The zero-order chi connectivity index (χ0) is 13.7. The van der Waals surface area contributed by atoms with Gasteiger partial charge in [-0.05, 0) is 22.4 Å². The van der Waals surface area contributed by atoms with Crippen LogP contribution in [-0.2, 0) is 0 Å². The number of nitrogen functional groups attached to an aromatic ring is 1. The number of aromatic nitrogens is 2. The maximum absolute atomic E-state index is 11.7. The fraction of sp³-hybridized carbons (Fsp3) is 0.250. The highest BCUT2D eigenvalue weighted by molar-refractivity contribution is 5.95. The van der Waals surface area contributed by atoms with Crippen molar-refractivity contribution in [1.29, 1.82) is 0 Å². The van der Waals surface area contributed by atoms with Gasteiger partial charge >= 0.3 is 0 Å². The number of benzene rings is 1. The number of nitrogens with one attached hydrogen (secondary N) is 1. The van der Waals surface area contributed by atoms with E-state index in [1.807, 2.05) is 42.3 Å². The van der Waals surface area contributed by atoms with E-state index < -0.39 is 0 Å². The van der Waals surface area contributed by atoms with Crippen molar-refractivity contribution >= 4 is 17.4 Å². The molecule has 0 fully saturated rings. The summed E-state index contributed by atoms with van der Waals surface area (Å²) in [5.74, 6) is -0.394. The number of hydrogen-bond donors (Lipinski definition) is 2. The first kappa shape index (κ1) is 12.9. The van der Waals surface area contributed by atoms with E-state index in [1.54, 1.807) is 0 Å². The molecule has 7 heteroatoms. The van der Waals surface area contributed by atoms with Gasteiger partial charge in [-0.15, -0.1) is 0 Å². The first-order valence-corrected chi connectivity index (χ1v) is 5.81. The fourth-order valence-electron chi connectivity index (χ4n) is 1.59. The van der Waals surface area contributed by atoms with Gasteiger partial charge in [-0.2, -0.15) is 0 Å². The van der Waals surface area contributed by atoms with E-state index in [2.05, 4.69) is 20.3 Å². The van der Waals surface area contributed by atoms with E-state index in [9.17, 15) is 4.79 Å². The van der Waals surface area contributed by atoms with Crippen LogP contribution in [0.1, 0.15) is 10.5 Å². The van der Waals surface area contributed by atoms with Crippen LogP contribution in [-0.4, -0.2) is 36.4 Å². The number of amides is 1. The molecule has 0 bridgehead atoms. The second-order valence-corrected chi connectivity index (χ2v) is 4.01. The Morgan fingerprint density at radius 2 is 2.11 bits per heavy atom. The molecule has 2 rings (SSSR count). The minimum atomic E-state index is -0.389. The summed E-state index contributed by atoms with van der Waals surface area (Å²) in [6.45, 7) is 1.14. The molecule has 0 saturated heterocycles. The molecule has 2 aromatic rings. The van der Waals surface area contributed by atoms with Crippen molar-refractivity contribution in [3.05, 3.63) is 36.0 Å². The van der Waals surface area contributed by atoms with Crippen LogP contribution in [0, 0.1) is 0 Å². The molecule has 1 aromatic heterocycles. The average Bonchev–Trinajstić information content (AvgIpc) is 2.86. The Hall–Kier alpha value is -2.57. The van der Waals surface area contributed by atoms with Gasteiger partial charge in [0.2, 0.25) is 11.5 Å². The van der Waals surface area contributed by atoms with Crippen LogP contribution in [0.5, 0.6) is 0 Å². The third kappa shape index (κ3) is 3.21. The average molecular weight is 261 g/mol. The lowest BCUT2D eigenvalue weighted by atomic mass is 10.3. The summed E-state index contributed by atoms with van der Waals surface area (Å²) >= 11 is 0. The summed E-state index contributed by atoms with van der Waals surface area (Å²) < 4.78 is 4.37. The molecule has 7 nitrogen and oxygen atoms in total. The Morgan fingerprint density at radius 3 is 2.74 bits per heavy atom. The first-order chi connectivity index (χ1) is 9.18. The van der Waals surface area contributed by atoms with Crippen molar-refractivity contribution in [2.45, 2.75) is 0 Å². The van der Waals surface area contributed by atoms with Crippen LogP contribution in [0.25, 0.3) is 0 Å². The van der Waals surface area contributed by atoms with Crippen LogP contribution < -0.4 is 16.0 Å². The van der Waals surface area contributed by atoms with Gasteiger partial charge in [0.1, 0.15) is 0 Å². The maximum Gasteiger partial charge on any atom is 0.277 e. The second kappa shape index (κ2) is 5.85. The Bertz CT molecular complexity index is 540. The highest BCUT2D eigenvalue weighted by Crippen LogP contribution is 2.09. The van der Waals surface area contributed by atoms with Crippen molar-refractivity contribution in [2.75, 3.05) is 30.8 Å². The molecule has 3 N–H and O–H groups in total. The molecule has 0 aliphatic rings. The second-order valence-electron chi connectivity index (χ2n) is 4.01. The van der Waals surface area contributed by atoms with E-state index >= 15 is 0 Å². The Morgan fingerprint density at radius 1 is 1.37 bits per heavy atom. The lowest BCUT2D eigenvalue weighted by Gasteiger charge is -2.19. The van der Waals surface area contributed by atoms with Crippen molar-refractivity contribution in [3.8, 4) is 0 Å². The molecule has 0 radical (unpaired) electrons. The predicted octanol–water partition coefficient (Wildman–Crippen LogP) is 0.518. The smallest absolute Gasteiger partial charge is 0.277 e. The maximum atomic E-state index is 11.7. The van der Waals surface area contributed by atoms with Crippen LogP contribution in [0.3, 0.4) is 0 Å². The summed E-state index contributed by atoms with van der Waals surface area (Å²) in [6, 6.07) is 9.89. The van der Waals surface area contributed by atoms with Crippen LogP contribution in [0.2, 0.25) is 0 Å². The van der Waals surface area contributed by atoms with Gasteiger partial charge in [-0.1, -0.05) is 18.2 Å². The third-order valence-corrected chi connectivity index (χ3v) is 2.66. The summed E-state index contributed by atoms with van der Waals surface area (Å²) in [5, 5.41) is 9.49. The molecule has 0 aliphatic heterocycles. The van der Waals surface area contributed by atoms with Gasteiger partial charge in [0, 0.05) is 25.8 Å². The van der Waals surface area contributed by atoms with Crippen molar-refractivity contribution in [2.24, 2.45) is 0 Å². The van der Waals surface area contributed by atoms with Gasteiger partial charge in [0.25, 0.3) is 5.91 Å². The quantitative estimate of drug-likeness (QED) is 0.814. The van der Waals surface area contributed by atoms with Crippen LogP contribution >= 0.6 is 0 Å². The zero-order valence-corrected chi connectivity index (χ0v) is 10.5. The number of carbonyl (C=O) groups is 1. The number of anilines is 2. The predicted molar refractivity (Wildman–Crippen MR) is 70.8 cm³/mol. The topological polar surface area (TPSA) is 97.3 Å². The van der Waals surface area contributed by atoms with E-state index in [4.69, 9.17) is 5.73 Å². The number of rotatable bonds is 5. The Kier molecular flexibility index (Phi) is 3.97. The highest BCUT2D eigenvalue weighted by atomic mass is 16.6. The number of carbonyl (C=O) groups excluding carboxylic acids is 1. The Balaban J connectivity index is 1.81. The fourth-order valence-corrected chi connectivity index (χ4v) is 1.59. The van der Waals surface area contributed by atoms with Gasteiger partial charge < -0.3 is 16.0 Å². The van der Waals surface area contributed by atoms with Gasteiger partial charge in [0.05, 0.1) is 0 Å². The molecule has 0 aliphatic carbocycles. The molecule has 0 saturated carbocycles. The number of likely N-dealkylation sites (N-methyl/N-ethyl adjacent to an activating group) is 1. The van der Waals surface area contributed by atoms with E-state index in [0.29, 0.717) is 13.1 Å². The van der Waals surface area contributed by atoms with E-state index in [0.717, 1.165) is 5.69 Å². The third-order valence-electron chi connectivity index (χ3n) is 2.66. The van der Waals surface area contributed by atoms with Crippen LogP contribution in [0.4, 0.5) is 11.5 Å². The molecule has 0 unspecified atom stereocenters. The first-order valence-electron chi connectivity index (χ1n) is 5.81. The monoisotopic (exact) mass is 261 g/mol. The molecule has 1 heterocycles. The van der Waals surface area contributed by atoms with E-state index in [-0.39, 0.29) is 17.4 Å². The molecule has 100 valence electrons. The van der Waals surface area contributed by atoms with Gasteiger partial charge in [-0.3, -0.25) is 4.79 Å². The summed E-state index contributed by atoms with van der Waals surface area (Å²) in [4.78, 5) is 13.7. The molecule has 19 heavy (non-hydrogen) atoms. The summed E-state index contributed by atoms with van der Waals surface area (Å²) in [5.41, 5.74) is 6.52. The van der Waals surface area contributed by atoms with Crippen LogP contribution in [0.15, 0.2) is 35.0 Å². The number of nitrogens with zero attached hydrogens (tertiary/aromatic N) is 3. The van der Waals surface area contributed by atoms with Gasteiger partial charge in [0.15, 0.2) is 0 Å². The van der Waals surface area contributed by atoms with Crippen molar-refractivity contribution in [3.63, 3.8) is 0 Å². The molecular formula is C12H15N5O2. The minimum absolute atomic E-state index is 0.00564. The van der Waals surface area contributed by atoms with E-state index in [1.165, 1.54) is 0 Å². The standard InChI is InChI=1S/C12H15N5O2/c1-17(9-5-3-2-4-6-9)8-7-14-12(18)10-11(13)16-19-15-10/h2-6H,7-8H2,1H3,(H2,13,16)(H,14,18). The normalized spacial score (nSPS) is 10.2. The summed E-state index contributed by atoms with van der Waals surface area (Å²) in [7, 11) is 1.95. The molecular weight excluding hydrogens is 246 g/mol. The molecule has 0 atom stereocenters. The lowest BCUT2D eigenvalue weighted by Crippen LogP contribution is -2.33. The summed E-state index contributed by atoms with van der Waals surface area (Å²) in [6.07, 6.45) is 0.